The van der Waals surface area contributed by atoms with Gasteiger partial charge in [0.05, 0.1) is 10.9 Å². The molecule has 162 valence electrons. The van der Waals surface area contributed by atoms with E-state index in [1.165, 1.54) is 71.4 Å². The lowest BCUT2D eigenvalue weighted by Gasteiger charge is -2.19. The Morgan fingerprint density at radius 2 is 1.81 bits per heavy atom. The molecule has 0 bridgehead atoms. The molecule has 0 N–H and O–H groups in total. The lowest BCUT2D eigenvalue weighted by molar-refractivity contribution is 0.307. The molecule has 1 saturated carbocycles. The minimum Gasteiger partial charge on any atom is -0.489 e. The Morgan fingerprint density at radius 3 is 2.75 bits per heavy atom. The van der Waals surface area contributed by atoms with E-state index in [-0.39, 0.29) is 0 Å². The number of rotatable bonds is 5. The van der Waals surface area contributed by atoms with Gasteiger partial charge in [0, 0.05) is 11.3 Å². The van der Waals surface area contributed by atoms with Gasteiger partial charge in [-0.15, -0.1) is 11.8 Å². The molecular weight excluding hydrogens is 410 g/mol. The zero-order valence-corrected chi connectivity index (χ0v) is 19.2. The van der Waals surface area contributed by atoms with Gasteiger partial charge in [-0.25, -0.2) is 0 Å². The Kier molecular flexibility index (Phi) is 5.52. The van der Waals surface area contributed by atoms with Gasteiger partial charge in [-0.05, 0) is 96.7 Å². The first-order valence-electron chi connectivity index (χ1n) is 12.0. The highest BCUT2D eigenvalue weighted by molar-refractivity contribution is 7.99. The summed E-state index contributed by atoms with van der Waals surface area (Å²) in [4.78, 5) is 4.92. The standard InChI is InChI=1S/C29H29NOS/c1-3-7-25-23(6-1)18-31-28-16-12-20(17-26(28)29(25)32-19-21-9-10-21)11-14-24-15-13-22-5-2-4-8-27(22)30-24/h1,3,6-7,11-17,21,29H,2,4-5,8-10,18-19H2. The first-order valence-corrected chi connectivity index (χ1v) is 13.0. The van der Waals surface area contributed by atoms with E-state index in [0.29, 0.717) is 11.9 Å². The summed E-state index contributed by atoms with van der Waals surface area (Å²) in [6, 6.07) is 19.9. The molecule has 0 spiro atoms. The molecule has 1 atom stereocenters. The molecule has 1 aromatic heterocycles. The van der Waals surface area contributed by atoms with E-state index in [0.717, 1.165) is 23.8 Å². The number of fused-ring (bicyclic) bond motifs is 3. The number of pyridine rings is 1. The smallest absolute Gasteiger partial charge is 0.124 e. The van der Waals surface area contributed by atoms with Gasteiger partial charge in [0.15, 0.2) is 0 Å². The molecule has 0 saturated heterocycles. The number of aromatic nitrogens is 1. The van der Waals surface area contributed by atoms with Crippen LogP contribution < -0.4 is 4.74 Å². The first-order chi connectivity index (χ1) is 15.8. The molecule has 2 aliphatic carbocycles. The molecule has 32 heavy (non-hydrogen) atoms. The second kappa shape index (κ2) is 8.78. The summed E-state index contributed by atoms with van der Waals surface area (Å²) < 4.78 is 6.26. The van der Waals surface area contributed by atoms with Crippen LogP contribution >= 0.6 is 11.8 Å². The molecule has 3 aromatic rings. The molecule has 6 rings (SSSR count). The fourth-order valence-corrected chi connectivity index (χ4v) is 6.39. The number of hydrogen-bond acceptors (Lipinski definition) is 3. The number of nitrogens with zero attached hydrogens (tertiary/aromatic N) is 1. The molecule has 2 aromatic carbocycles. The highest BCUT2D eigenvalue weighted by atomic mass is 32.2. The van der Waals surface area contributed by atoms with Gasteiger partial charge >= 0.3 is 0 Å². The molecule has 0 amide bonds. The lowest BCUT2D eigenvalue weighted by atomic mass is 9.96. The summed E-state index contributed by atoms with van der Waals surface area (Å²) in [6.45, 7) is 0.651. The largest absolute Gasteiger partial charge is 0.489 e. The van der Waals surface area contributed by atoms with Crippen LogP contribution in [0.4, 0.5) is 0 Å². The maximum atomic E-state index is 6.26. The molecule has 3 aliphatic rings. The summed E-state index contributed by atoms with van der Waals surface area (Å²) in [5.74, 6) is 3.16. The Bertz CT molecular complexity index is 1160. The average molecular weight is 440 g/mol. The van der Waals surface area contributed by atoms with Gasteiger partial charge in [0.25, 0.3) is 0 Å². The summed E-state index contributed by atoms with van der Waals surface area (Å²) >= 11 is 2.09. The predicted octanol–water partition coefficient (Wildman–Crippen LogP) is 7.26. The summed E-state index contributed by atoms with van der Waals surface area (Å²) in [5.41, 5.74) is 9.03. The quantitative estimate of drug-likeness (QED) is 0.418. The molecule has 0 radical (unpaired) electrons. The van der Waals surface area contributed by atoms with Gasteiger partial charge in [-0.2, -0.15) is 0 Å². The highest BCUT2D eigenvalue weighted by Crippen LogP contribution is 2.47. The van der Waals surface area contributed by atoms with Crippen molar-refractivity contribution in [3.05, 3.63) is 93.8 Å². The second-order valence-electron chi connectivity index (χ2n) is 9.32. The topological polar surface area (TPSA) is 22.1 Å². The van der Waals surface area contributed by atoms with Crippen LogP contribution in [0.5, 0.6) is 5.75 Å². The number of thioether (sulfide) groups is 1. The number of benzene rings is 2. The zero-order chi connectivity index (χ0) is 21.3. The molecule has 1 aliphatic heterocycles. The molecule has 2 heterocycles. The van der Waals surface area contributed by atoms with Crippen LogP contribution in [0.3, 0.4) is 0 Å². The van der Waals surface area contributed by atoms with E-state index < -0.39 is 0 Å². The Balaban J connectivity index is 1.31. The molecule has 2 nitrogen and oxygen atoms in total. The zero-order valence-electron chi connectivity index (χ0n) is 18.4. The Labute approximate surface area is 195 Å². The van der Waals surface area contributed by atoms with Crippen LogP contribution in [0.15, 0.2) is 54.6 Å². The minimum absolute atomic E-state index is 0.333. The van der Waals surface area contributed by atoms with Gasteiger partial charge < -0.3 is 4.74 Å². The molecule has 1 unspecified atom stereocenters. The van der Waals surface area contributed by atoms with E-state index in [1.54, 1.807) is 0 Å². The second-order valence-corrected chi connectivity index (χ2v) is 10.5. The Hall–Kier alpha value is -2.52. The monoisotopic (exact) mass is 439 g/mol. The number of ether oxygens (including phenoxy) is 1. The molecular formula is C29H29NOS. The first kappa shape index (κ1) is 20.1. The van der Waals surface area contributed by atoms with E-state index in [2.05, 4.69) is 78.5 Å². The van der Waals surface area contributed by atoms with Crippen molar-refractivity contribution in [3.8, 4) is 5.75 Å². The third-order valence-electron chi connectivity index (χ3n) is 6.88. The maximum absolute atomic E-state index is 6.26. The van der Waals surface area contributed by atoms with Crippen LogP contribution in [0.2, 0.25) is 0 Å². The summed E-state index contributed by atoms with van der Waals surface area (Å²) in [6.07, 6.45) is 12.0. The van der Waals surface area contributed by atoms with Crippen LogP contribution in [0, 0.1) is 5.92 Å². The van der Waals surface area contributed by atoms with Gasteiger partial charge in [-0.1, -0.05) is 42.5 Å². The van der Waals surface area contributed by atoms with E-state index >= 15 is 0 Å². The van der Waals surface area contributed by atoms with Crippen molar-refractivity contribution in [1.82, 2.24) is 4.98 Å². The van der Waals surface area contributed by atoms with Crippen LogP contribution in [-0.4, -0.2) is 10.7 Å². The fraction of sp³-hybridized carbons (Fsp3) is 0.345. The Morgan fingerprint density at radius 1 is 0.906 bits per heavy atom. The molecule has 3 heteroatoms. The number of hydrogen-bond donors (Lipinski definition) is 0. The lowest BCUT2D eigenvalue weighted by Crippen LogP contribution is -2.05. The molecule has 1 fully saturated rings. The van der Waals surface area contributed by atoms with Crippen molar-refractivity contribution >= 4 is 23.9 Å². The fourth-order valence-electron chi connectivity index (χ4n) is 4.82. The van der Waals surface area contributed by atoms with Gasteiger partial charge in [0.1, 0.15) is 12.4 Å². The SMILES string of the molecule is C(=Cc1ccc2c(n1)CCCC2)c1ccc2c(c1)C(SCC1CC1)c1ccccc1CO2. The van der Waals surface area contributed by atoms with Crippen molar-refractivity contribution in [1.29, 1.82) is 0 Å². The predicted molar refractivity (Wildman–Crippen MR) is 134 cm³/mol. The summed E-state index contributed by atoms with van der Waals surface area (Å²) in [5, 5.41) is 0.333. The van der Waals surface area contributed by atoms with Crippen LogP contribution in [0.1, 0.15) is 70.1 Å². The van der Waals surface area contributed by atoms with E-state index in [9.17, 15) is 0 Å². The van der Waals surface area contributed by atoms with E-state index in [4.69, 9.17) is 9.72 Å². The van der Waals surface area contributed by atoms with Crippen LogP contribution in [-0.2, 0) is 19.4 Å². The van der Waals surface area contributed by atoms with Gasteiger partial charge in [0.2, 0.25) is 0 Å². The normalized spacial score (nSPS) is 19.6. The van der Waals surface area contributed by atoms with Crippen molar-refractivity contribution in [2.75, 3.05) is 5.75 Å². The summed E-state index contributed by atoms with van der Waals surface area (Å²) in [7, 11) is 0. The van der Waals surface area contributed by atoms with Crippen LogP contribution in [0.25, 0.3) is 12.2 Å². The average Bonchev–Trinajstić information content (AvgIpc) is 3.68. The van der Waals surface area contributed by atoms with Crippen molar-refractivity contribution < 1.29 is 4.74 Å². The third-order valence-corrected chi connectivity index (χ3v) is 8.38. The highest BCUT2D eigenvalue weighted by Gasteiger charge is 2.28. The third kappa shape index (κ3) is 4.23. The van der Waals surface area contributed by atoms with Gasteiger partial charge in [-0.3, -0.25) is 4.98 Å². The van der Waals surface area contributed by atoms with E-state index in [1.807, 2.05) is 0 Å². The maximum Gasteiger partial charge on any atom is 0.124 e. The van der Waals surface area contributed by atoms with Crippen molar-refractivity contribution in [2.24, 2.45) is 5.92 Å². The van der Waals surface area contributed by atoms with Crippen molar-refractivity contribution in [3.63, 3.8) is 0 Å². The van der Waals surface area contributed by atoms with Crippen molar-refractivity contribution in [2.45, 2.75) is 50.4 Å². The minimum atomic E-state index is 0.333. The number of aryl methyl sites for hydroxylation is 2.